The molecule has 9 nitrogen and oxygen atoms in total. The van der Waals surface area contributed by atoms with E-state index in [1.807, 2.05) is 5.32 Å². The number of carbonyl (C=O) groups is 4. The average Bonchev–Trinajstić information content (AvgIpc) is 2.53. The molecule has 120 valence electrons. The van der Waals surface area contributed by atoms with Crippen LogP contribution in [0.2, 0.25) is 0 Å². The van der Waals surface area contributed by atoms with Crippen LogP contribution >= 0.6 is 0 Å². The highest BCUT2D eigenvalue weighted by Gasteiger charge is 2.27. The normalized spacial score (nSPS) is 17.5. The van der Waals surface area contributed by atoms with E-state index in [9.17, 15) is 19.2 Å². The van der Waals surface area contributed by atoms with E-state index in [1.165, 1.54) is 7.05 Å². The van der Waals surface area contributed by atoms with Crippen molar-refractivity contribution >= 4 is 23.9 Å². The number of imide groups is 1. The summed E-state index contributed by atoms with van der Waals surface area (Å²) in [6.45, 7) is 4.81. The molecule has 0 aromatic carbocycles. The molecule has 0 bridgehead atoms. The number of rotatable bonds is 2. The number of nitrogens with one attached hydrogen (secondary N) is 1. The van der Waals surface area contributed by atoms with Crippen molar-refractivity contribution in [2.75, 3.05) is 13.6 Å². The predicted octanol–water partition coefficient (Wildman–Crippen LogP) is -0.668. The number of carbonyl (C=O) groups excluding carboxylic acids is 3. The minimum atomic E-state index is -1.11. The minimum Gasteiger partial charge on any atom is -0.480 e. The van der Waals surface area contributed by atoms with Crippen molar-refractivity contribution in [1.82, 2.24) is 10.2 Å². The summed E-state index contributed by atoms with van der Waals surface area (Å²) in [6, 6.07) is 0. The molecular formula is C12H20N2O7. The van der Waals surface area contributed by atoms with E-state index in [-0.39, 0.29) is 13.0 Å². The Balaban J connectivity index is 0.000000423. The van der Waals surface area contributed by atoms with Crippen LogP contribution in [0.15, 0.2) is 0 Å². The van der Waals surface area contributed by atoms with Crippen molar-refractivity contribution in [1.29, 1.82) is 0 Å². The molecule has 0 aromatic heterocycles. The smallest absolute Gasteiger partial charge is 0.410 e. The molecule has 0 saturated carbocycles. The van der Waals surface area contributed by atoms with Crippen LogP contribution in [0.3, 0.4) is 0 Å². The third kappa shape index (κ3) is 8.58. The van der Waals surface area contributed by atoms with E-state index in [2.05, 4.69) is 0 Å². The van der Waals surface area contributed by atoms with E-state index >= 15 is 0 Å². The molecule has 3 amide bonds. The third-order valence-electron chi connectivity index (χ3n) is 2.02. The molecule has 1 saturated heterocycles. The quantitative estimate of drug-likeness (QED) is 0.576. The Bertz CT molecular complexity index is 428. The Morgan fingerprint density at radius 1 is 1.38 bits per heavy atom. The summed E-state index contributed by atoms with van der Waals surface area (Å²) in [4.78, 5) is 42.7. The fourth-order valence-corrected chi connectivity index (χ4v) is 1.15. The van der Waals surface area contributed by atoms with Gasteiger partial charge < -0.3 is 19.8 Å². The Morgan fingerprint density at radius 3 is 2.14 bits per heavy atom. The number of aliphatic carboxylic acids is 1. The lowest BCUT2D eigenvalue weighted by Gasteiger charge is -2.23. The molecule has 1 fully saturated rings. The lowest BCUT2D eigenvalue weighted by molar-refractivity contribution is -0.138. The second-order valence-electron chi connectivity index (χ2n) is 5.36. The van der Waals surface area contributed by atoms with E-state index in [0.29, 0.717) is 0 Å². The van der Waals surface area contributed by atoms with E-state index in [0.717, 1.165) is 4.90 Å². The van der Waals surface area contributed by atoms with Crippen molar-refractivity contribution in [2.45, 2.75) is 38.9 Å². The third-order valence-corrected chi connectivity index (χ3v) is 2.02. The van der Waals surface area contributed by atoms with Crippen LogP contribution < -0.4 is 5.32 Å². The predicted molar refractivity (Wildman–Crippen MR) is 70.3 cm³/mol. The first-order valence-corrected chi connectivity index (χ1v) is 6.10. The summed E-state index contributed by atoms with van der Waals surface area (Å²) in [6.07, 6.45) is -1.82. The molecule has 21 heavy (non-hydrogen) atoms. The Morgan fingerprint density at radius 2 is 1.90 bits per heavy atom. The molecule has 1 aliphatic heterocycles. The van der Waals surface area contributed by atoms with Crippen LogP contribution in [0, 0.1) is 0 Å². The summed E-state index contributed by atoms with van der Waals surface area (Å²) in [7, 11) is 1.38. The molecule has 0 aromatic rings. The summed E-state index contributed by atoms with van der Waals surface area (Å²) in [5.74, 6) is -2.05. The molecular weight excluding hydrogens is 284 g/mol. The number of ether oxygens (including phenoxy) is 1. The van der Waals surface area contributed by atoms with Gasteiger partial charge in [-0.05, 0) is 20.8 Å². The lowest BCUT2D eigenvalue weighted by atomic mass is 10.2. The van der Waals surface area contributed by atoms with Gasteiger partial charge in [-0.25, -0.2) is 4.79 Å². The van der Waals surface area contributed by atoms with E-state index in [1.54, 1.807) is 20.8 Å². The zero-order chi connectivity index (χ0) is 16.8. The van der Waals surface area contributed by atoms with Crippen LogP contribution in [-0.4, -0.2) is 64.3 Å². The Labute approximate surface area is 121 Å². The van der Waals surface area contributed by atoms with Crippen LogP contribution in [0.4, 0.5) is 4.79 Å². The standard InChI is InChI=1S/C8H15NO4.C4H5NO3/c1-8(2,3)13-7(12)9(4)5-6(10)11;6-2-1-3(7)5-4(2)8/h5H2,1-4H3,(H,10,11);2,6H,1H2,(H,5,7,8). The number of aliphatic hydroxyl groups excluding tert-OH is 1. The first-order valence-electron chi connectivity index (χ1n) is 6.10. The van der Waals surface area contributed by atoms with Gasteiger partial charge in [-0.1, -0.05) is 0 Å². The van der Waals surface area contributed by atoms with E-state index < -0.39 is 35.6 Å². The second kappa shape index (κ2) is 7.58. The summed E-state index contributed by atoms with van der Waals surface area (Å²) >= 11 is 0. The zero-order valence-electron chi connectivity index (χ0n) is 12.4. The van der Waals surface area contributed by atoms with Crippen molar-refractivity contribution in [2.24, 2.45) is 0 Å². The van der Waals surface area contributed by atoms with E-state index in [4.69, 9.17) is 14.9 Å². The van der Waals surface area contributed by atoms with Crippen molar-refractivity contribution in [3.63, 3.8) is 0 Å². The first kappa shape index (κ1) is 18.8. The van der Waals surface area contributed by atoms with Gasteiger partial charge >= 0.3 is 12.1 Å². The average molecular weight is 304 g/mol. The number of aliphatic hydroxyl groups is 1. The lowest BCUT2D eigenvalue weighted by Crippen LogP contribution is -2.37. The molecule has 0 radical (unpaired) electrons. The van der Waals surface area contributed by atoms with Gasteiger partial charge in [0.1, 0.15) is 18.2 Å². The van der Waals surface area contributed by atoms with Crippen LogP contribution in [0.25, 0.3) is 0 Å². The van der Waals surface area contributed by atoms with Gasteiger partial charge in [0.15, 0.2) is 0 Å². The molecule has 0 aliphatic carbocycles. The largest absolute Gasteiger partial charge is 0.480 e. The summed E-state index contributed by atoms with van der Waals surface area (Å²) < 4.78 is 4.92. The second-order valence-corrected chi connectivity index (χ2v) is 5.36. The SMILES string of the molecule is CN(CC(=O)O)C(=O)OC(C)(C)C.O=C1CC(O)C(=O)N1. The Hall–Kier alpha value is -2.16. The van der Waals surface area contributed by atoms with Gasteiger partial charge in [0.2, 0.25) is 5.91 Å². The molecule has 1 unspecified atom stereocenters. The fraction of sp³-hybridized carbons (Fsp3) is 0.667. The van der Waals surface area contributed by atoms with Crippen LogP contribution in [-0.2, 0) is 19.1 Å². The number of carboxylic acid groups (broad SMARTS) is 1. The van der Waals surface area contributed by atoms with Gasteiger partial charge in [0, 0.05) is 7.05 Å². The van der Waals surface area contributed by atoms with Crippen LogP contribution in [0.5, 0.6) is 0 Å². The highest BCUT2D eigenvalue weighted by molar-refractivity contribution is 6.04. The molecule has 1 aliphatic rings. The van der Waals surface area contributed by atoms with Crippen molar-refractivity contribution < 1.29 is 34.1 Å². The van der Waals surface area contributed by atoms with Gasteiger partial charge in [-0.2, -0.15) is 0 Å². The molecule has 1 atom stereocenters. The summed E-state index contributed by atoms with van der Waals surface area (Å²) in [5.41, 5.74) is -0.593. The topological polar surface area (TPSA) is 133 Å². The van der Waals surface area contributed by atoms with Gasteiger partial charge in [-0.3, -0.25) is 19.7 Å². The molecule has 1 heterocycles. The number of hydrogen-bond acceptors (Lipinski definition) is 6. The first-order chi connectivity index (χ1) is 9.42. The molecule has 3 N–H and O–H groups in total. The fourth-order valence-electron chi connectivity index (χ4n) is 1.15. The highest BCUT2D eigenvalue weighted by Crippen LogP contribution is 2.08. The maximum Gasteiger partial charge on any atom is 0.410 e. The van der Waals surface area contributed by atoms with Gasteiger partial charge in [0.25, 0.3) is 5.91 Å². The number of likely N-dealkylation sites (N-methyl/N-ethyl adjacent to an activating group) is 1. The monoisotopic (exact) mass is 304 g/mol. The van der Waals surface area contributed by atoms with Crippen molar-refractivity contribution in [3.8, 4) is 0 Å². The number of nitrogens with zero attached hydrogens (tertiary/aromatic N) is 1. The number of amides is 3. The minimum absolute atomic E-state index is 0.0845. The van der Waals surface area contributed by atoms with Crippen molar-refractivity contribution in [3.05, 3.63) is 0 Å². The number of carboxylic acids is 1. The zero-order valence-corrected chi connectivity index (χ0v) is 12.4. The molecule has 1 rings (SSSR count). The maximum atomic E-state index is 11.1. The molecule has 9 heteroatoms. The van der Waals surface area contributed by atoms with Crippen LogP contribution in [0.1, 0.15) is 27.2 Å². The highest BCUT2D eigenvalue weighted by atomic mass is 16.6. The molecule has 0 spiro atoms. The van der Waals surface area contributed by atoms with Gasteiger partial charge in [-0.15, -0.1) is 0 Å². The maximum absolute atomic E-state index is 11.1. The Kier molecular flexibility index (Phi) is 6.80. The summed E-state index contributed by atoms with van der Waals surface area (Å²) in [5, 5.41) is 18.9. The number of hydrogen-bond donors (Lipinski definition) is 3. The van der Waals surface area contributed by atoms with Gasteiger partial charge in [0.05, 0.1) is 6.42 Å².